The maximum absolute atomic E-state index is 11.9. The average molecular weight is 255 g/mol. The van der Waals surface area contributed by atoms with Gasteiger partial charge in [0.15, 0.2) is 0 Å². The zero-order valence-electron chi connectivity index (χ0n) is 10.9. The lowest BCUT2D eigenvalue weighted by Gasteiger charge is -2.31. The Morgan fingerprint density at radius 3 is 3.06 bits per heavy atom. The Hall–Kier alpha value is -1.14. The number of carbonyl (C=O) groups is 2. The summed E-state index contributed by atoms with van der Waals surface area (Å²) in [5.74, 6) is -0.120. The second kappa shape index (κ2) is 5.67. The molecule has 2 aliphatic rings. The molecule has 0 aromatic carbocycles. The predicted molar refractivity (Wildman–Crippen MR) is 66.0 cm³/mol. The Kier molecular flexibility index (Phi) is 4.19. The SMILES string of the molecule is COC(=O)CCC1CNC(=O)C2NCCC2N1C. The van der Waals surface area contributed by atoms with Crippen LogP contribution in [-0.4, -0.2) is 62.1 Å². The van der Waals surface area contributed by atoms with E-state index in [1.54, 1.807) is 0 Å². The Morgan fingerprint density at radius 2 is 2.33 bits per heavy atom. The maximum atomic E-state index is 11.9. The third kappa shape index (κ3) is 2.64. The van der Waals surface area contributed by atoms with Gasteiger partial charge in [0.2, 0.25) is 5.91 Å². The number of nitrogens with one attached hydrogen (secondary N) is 2. The molecule has 1 amide bonds. The van der Waals surface area contributed by atoms with E-state index in [0.29, 0.717) is 19.4 Å². The summed E-state index contributed by atoms with van der Waals surface area (Å²) >= 11 is 0. The first-order valence-electron chi connectivity index (χ1n) is 6.43. The van der Waals surface area contributed by atoms with Crippen molar-refractivity contribution < 1.29 is 14.3 Å². The molecule has 6 heteroatoms. The number of likely N-dealkylation sites (N-methyl/N-ethyl adjacent to an activating group) is 1. The molecule has 0 aromatic heterocycles. The van der Waals surface area contributed by atoms with Crippen LogP contribution in [0.25, 0.3) is 0 Å². The summed E-state index contributed by atoms with van der Waals surface area (Å²) in [5, 5.41) is 6.17. The molecule has 2 fully saturated rings. The van der Waals surface area contributed by atoms with E-state index < -0.39 is 0 Å². The molecule has 0 aromatic rings. The van der Waals surface area contributed by atoms with Crippen LogP contribution in [0.5, 0.6) is 0 Å². The Labute approximate surface area is 107 Å². The quantitative estimate of drug-likeness (QED) is 0.640. The van der Waals surface area contributed by atoms with E-state index in [-0.39, 0.29) is 30.0 Å². The van der Waals surface area contributed by atoms with Crippen molar-refractivity contribution in [1.29, 1.82) is 0 Å². The van der Waals surface area contributed by atoms with Crippen molar-refractivity contribution in [3.05, 3.63) is 0 Å². The molecule has 2 saturated heterocycles. The number of amides is 1. The van der Waals surface area contributed by atoms with E-state index in [0.717, 1.165) is 13.0 Å². The first-order valence-corrected chi connectivity index (χ1v) is 6.43. The van der Waals surface area contributed by atoms with Crippen molar-refractivity contribution >= 4 is 11.9 Å². The molecule has 2 N–H and O–H groups in total. The number of hydrogen-bond donors (Lipinski definition) is 2. The molecule has 3 atom stereocenters. The van der Waals surface area contributed by atoms with Gasteiger partial charge in [0, 0.05) is 25.0 Å². The molecule has 0 aliphatic carbocycles. The van der Waals surface area contributed by atoms with Gasteiger partial charge in [0.05, 0.1) is 7.11 Å². The fraction of sp³-hybridized carbons (Fsp3) is 0.833. The predicted octanol–water partition coefficient (Wildman–Crippen LogP) is -0.900. The zero-order valence-corrected chi connectivity index (χ0v) is 10.9. The van der Waals surface area contributed by atoms with Crippen LogP contribution in [0.2, 0.25) is 0 Å². The lowest BCUT2D eigenvalue weighted by atomic mass is 10.0. The highest BCUT2D eigenvalue weighted by Gasteiger charge is 2.40. The monoisotopic (exact) mass is 255 g/mol. The third-order valence-corrected chi connectivity index (χ3v) is 3.99. The average Bonchev–Trinajstić information content (AvgIpc) is 2.82. The van der Waals surface area contributed by atoms with E-state index in [1.165, 1.54) is 7.11 Å². The van der Waals surface area contributed by atoms with Crippen LogP contribution in [0.3, 0.4) is 0 Å². The summed E-state index contributed by atoms with van der Waals surface area (Å²) in [7, 11) is 3.44. The minimum absolute atomic E-state index is 0.0740. The summed E-state index contributed by atoms with van der Waals surface area (Å²) in [5.41, 5.74) is 0. The number of hydrogen-bond acceptors (Lipinski definition) is 5. The fourth-order valence-electron chi connectivity index (χ4n) is 2.83. The van der Waals surface area contributed by atoms with Gasteiger partial charge in [0.25, 0.3) is 0 Å². The molecule has 2 rings (SSSR count). The standard InChI is InChI=1S/C12H21N3O3/c1-15-8(3-4-10(16)18-2)7-14-12(17)11-9(15)5-6-13-11/h8-9,11,13H,3-7H2,1-2H3,(H,14,17). The van der Waals surface area contributed by atoms with Gasteiger partial charge in [-0.2, -0.15) is 0 Å². The van der Waals surface area contributed by atoms with Crippen molar-refractivity contribution in [2.45, 2.75) is 37.4 Å². The van der Waals surface area contributed by atoms with E-state index in [4.69, 9.17) is 0 Å². The van der Waals surface area contributed by atoms with Crippen LogP contribution in [0.4, 0.5) is 0 Å². The summed E-state index contributed by atoms with van der Waals surface area (Å²) in [6, 6.07) is 0.316. The van der Waals surface area contributed by atoms with Crippen LogP contribution in [0, 0.1) is 0 Å². The summed E-state index contributed by atoms with van der Waals surface area (Å²) in [6.07, 6.45) is 2.09. The summed E-state index contributed by atoms with van der Waals surface area (Å²) < 4.78 is 4.66. The van der Waals surface area contributed by atoms with Gasteiger partial charge in [-0.15, -0.1) is 0 Å². The second-order valence-corrected chi connectivity index (χ2v) is 4.97. The molecule has 0 saturated carbocycles. The highest BCUT2D eigenvalue weighted by Crippen LogP contribution is 2.21. The van der Waals surface area contributed by atoms with Crippen molar-refractivity contribution in [3.63, 3.8) is 0 Å². The highest BCUT2D eigenvalue weighted by molar-refractivity contribution is 5.83. The van der Waals surface area contributed by atoms with E-state index >= 15 is 0 Å². The fourth-order valence-corrected chi connectivity index (χ4v) is 2.83. The Bertz CT molecular complexity index is 335. The summed E-state index contributed by atoms with van der Waals surface area (Å²) in [6.45, 7) is 1.47. The normalized spacial score (nSPS) is 32.6. The molecule has 0 spiro atoms. The van der Waals surface area contributed by atoms with Gasteiger partial charge in [-0.25, -0.2) is 0 Å². The van der Waals surface area contributed by atoms with Crippen LogP contribution in [0.15, 0.2) is 0 Å². The van der Waals surface area contributed by atoms with E-state index in [9.17, 15) is 9.59 Å². The summed E-state index contributed by atoms with van der Waals surface area (Å²) in [4.78, 5) is 25.3. The van der Waals surface area contributed by atoms with Crippen LogP contribution in [0.1, 0.15) is 19.3 Å². The number of fused-ring (bicyclic) bond motifs is 1. The Morgan fingerprint density at radius 1 is 1.56 bits per heavy atom. The number of esters is 1. The van der Waals surface area contributed by atoms with Gasteiger partial charge in [-0.05, 0) is 26.4 Å². The molecule has 102 valence electrons. The first-order chi connectivity index (χ1) is 8.63. The minimum atomic E-state index is -0.194. The molecule has 2 heterocycles. The van der Waals surface area contributed by atoms with Crippen LogP contribution >= 0.6 is 0 Å². The molecule has 0 radical (unpaired) electrons. The number of rotatable bonds is 3. The van der Waals surface area contributed by atoms with Gasteiger partial charge in [-0.3, -0.25) is 14.5 Å². The largest absolute Gasteiger partial charge is 0.469 e. The van der Waals surface area contributed by atoms with Crippen LogP contribution in [-0.2, 0) is 14.3 Å². The molecular weight excluding hydrogens is 234 g/mol. The molecule has 2 aliphatic heterocycles. The smallest absolute Gasteiger partial charge is 0.305 e. The van der Waals surface area contributed by atoms with E-state index in [2.05, 4.69) is 20.3 Å². The van der Waals surface area contributed by atoms with Gasteiger partial charge in [-0.1, -0.05) is 0 Å². The van der Waals surface area contributed by atoms with Crippen LogP contribution < -0.4 is 10.6 Å². The van der Waals surface area contributed by atoms with Gasteiger partial charge >= 0.3 is 5.97 Å². The van der Waals surface area contributed by atoms with Gasteiger partial charge in [0.1, 0.15) is 6.04 Å². The van der Waals surface area contributed by atoms with Crippen molar-refractivity contribution in [1.82, 2.24) is 15.5 Å². The van der Waals surface area contributed by atoms with Crippen molar-refractivity contribution in [3.8, 4) is 0 Å². The van der Waals surface area contributed by atoms with E-state index in [1.807, 2.05) is 7.05 Å². The Balaban J connectivity index is 1.98. The third-order valence-electron chi connectivity index (χ3n) is 3.99. The minimum Gasteiger partial charge on any atom is -0.469 e. The number of carbonyl (C=O) groups excluding carboxylic acids is 2. The second-order valence-electron chi connectivity index (χ2n) is 4.97. The number of nitrogens with zero attached hydrogens (tertiary/aromatic N) is 1. The lowest BCUT2D eigenvalue weighted by molar-refractivity contribution is -0.141. The first kappa shape index (κ1) is 13.3. The molecule has 6 nitrogen and oxygen atoms in total. The van der Waals surface area contributed by atoms with Crippen molar-refractivity contribution in [2.75, 3.05) is 27.2 Å². The zero-order chi connectivity index (χ0) is 13.1. The lowest BCUT2D eigenvalue weighted by Crippen LogP contribution is -2.48. The number of methoxy groups -OCH3 is 1. The molecule has 3 unspecified atom stereocenters. The van der Waals surface area contributed by atoms with Crippen molar-refractivity contribution in [2.24, 2.45) is 0 Å². The molecule has 0 bridgehead atoms. The molecule has 18 heavy (non-hydrogen) atoms. The van der Waals surface area contributed by atoms with Gasteiger partial charge < -0.3 is 15.4 Å². The topological polar surface area (TPSA) is 70.7 Å². The number of ether oxygens (including phenoxy) is 1. The maximum Gasteiger partial charge on any atom is 0.305 e. The molecular formula is C12H21N3O3. The highest BCUT2D eigenvalue weighted by atomic mass is 16.5.